The highest BCUT2D eigenvalue weighted by atomic mass is 32.1. The Morgan fingerprint density at radius 1 is 1.56 bits per heavy atom. The fourth-order valence-corrected chi connectivity index (χ4v) is 3.98. The molecule has 2 nitrogen and oxygen atoms in total. The number of nitrogens with zero attached hydrogens (tertiary/aromatic N) is 1. The molecule has 0 bridgehead atoms. The lowest BCUT2D eigenvalue weighted by Gasteiger charge is -2.36. The number of rotatable bonds is 6. The molecule has 1 aliphatic heterocycles. The van der Waals surface area contributed by atoms with Crippen LogP contribution >= 0.6 is 11.3 Å². The SMILES string of the molecule is CCCC1(CN(C)C(C)c2cccs2)CCCN1. The number of hydrogen-bond donors (Lipinski definition) is 1. The van der Waals surface area contributed by atoms with E-state index in [1.165, 1.54) is 43.6 Å². The van der Waals surface area contributed by atoms with Crippen LogP contribution in [0, 0.1) is 0 Å². The van der Waals surface area contributed by atoms with Gasteiger partial charge in [-0.3, -0.25) is 4.90 Å². The number of thiophene rings is 1. The summed E-state index contributed by atoms with van der Waals surface area (Å²) >= 11 is 1.87. The lowest BCUT2D eigenvalue weighted by atomic mass is 9.91. The van der Waals surface area contributed by atoms with Crippen molar-refractivity contribution < 1.29 is 0 Å². The molecule has 2 heterocycles. The monoisotopic (exact) mass is 266 g/mol. The summed E-state index contributed by atoms with van der Waals surface area (Å²) in [5, 5.41) is 5.94. The van der Waals surface area contributed by atoms with E-state index in [0.717, 1.165) is 0 Å². The lowest BCUT2D eigenvalue weighted by Crippen LogP contribution is -2.49. The molecule has 1 fully saturated rings. The second-order valence-electron chi connectivity index (χ2n) is 5.67. The average molecular weight is 266 g/mol. The molecule has 0 amide bonds. The molecule has 1 N–H and O–H groups in total. The van der Waals surface area contributed by atoms with Crippen molar-refractivity contribution >= 4 is 11.3 Å². The minimum absolute atomic E-state index is 0.370. The Labute approximate surface area is 115 Å². The fourth-order valence-electron chi connectivity index (χ4n) is 3.14. The van der Waals surface area contributed by atoms with Gasteiger partial charge in [0.1, 0.15) is 0 Å². The van der Waals surface area contributed by atoms with E-state index < -0.39 is 0 Å². The maximum atomic E-state index is 3.76. The van der Waals surface area contributed by atoms with Crippen LogP contribution in [0.2, 0.25) is 0 Å². The van der Waals surface area contributed by atoms with E-state index in [4.69, 9.17) is 0 Å². The van der Waals surface area contributed by atoms with Crippen molar-refractivity contribution in [1.29, 1.82) is 0 Å². The first kappa shape index (κ1) is 14.0. The second kappa shape index (κ2) is 6.18. The molecule has 0 aliphatic carbocycles. The second-order valence-corrected chi connectivity index (χ2v) is 6.65. The van der Waals surface area contributed by atoms with Crippen molar-refractivity contribution in [2.75, 3.05) is 20.1 Å². The Morgan fingerprint density at radius 3 is 2.94 bits per heavy atom. The van der Waals surface area contributed by atoms with Gasteiger partial charge in [0.05, 0.1) is 0 Å². The van der Waals surface area contributed by atoms with Crippen LogP contribution in [-0.2, 0) is 0 Å². The predicted octanol–water partition coefficient (Wildman–Crippen LogP) is 3.66. The van der Waals surface area contributed by atoms with Crippen molar-refractivity contribution in [1.82, 2.24) is 10.2 Å². The number of hydrogen-bond acceptors (Lipinski definition) is 3. The first-order chi connectivity index (χ1) is 8.67. The van der Waals surface area contributed by atoms with Gasteiger partial charge in [-0.15, -0.1) is 11.3 Å². The Morgan fingerprint density at radius 2 is 2.39 bits per heavy atom. The topological polar surface area (TPSA) is 15.3 Å². The van der Waals surface area contributed by atoms with Crippen molar-refractivity contribution in [3.63, 3.8) is 0 Å². The Balaban J connectivity index is 1.98. The molecule has 0 spiro atoms. The van der Waals surface area contributed by atoms with E-state index in [-0.39, 0.29) is 0 Å². The summed E-state index contributed by atoms with van der Waals surface area (Å²) in [6, 6.07) is 4.93. The van der Waals surface area contributed by atoms with Gasteiger partial charge in [-0.05, 0) is 51.2 Å². The largest absolute Gasteiger partial charge is 0.310 e. The Bertz CT molecular complexity index is 341. The summed E-state index contributed by atoms with van der Waals surface area (Å²) in [6.45, 7) is 6.98. The molecule has 2 rings (SSSR count). The molecule has 18 heavy (non-hydrogen) atoms. The highest BCUT2D eigenvalue weighted by Gasteiger charge is 2.34. The quantitative estimate of drug-likeness (QED) is 0.845. The van der Waals surface area contributed by atoms with Gasteiger partial charge in [-0.2, -0.15) is 0 Å². The minimum atomic E-state index is 0.370. The Hall–Kier alpha value is -0.380. The zero-order chi connectivity index (χ0) is 13.0. The third kappa shape index (κ3) is 3.14. The standard InChI is InChI=1S/C15H26N2S/c1-4-8-15(9-6-10-16-15)12-17(3)13(2)14-7-5-11-18-14/h5,7,11,13,16H,4,6,8-10,12H2,1-3H3. The molecule has 0 saturated carbocycles. The number of nitrogens with one attached hydrogen (secondary N) is 1. The van der Waals surface area contributed by atoms with Crippen LogP contribution in [-0.4, -0.2) is 30.6 Å². The smallest absolute Gasteiger partial charge is 0.0411 e. The zero-order valence-corrected chi connectivity index (χ0v) is 12.7. The van der Waals surface area contributed by atoms with Crippen LogP contribution in [0.4, 0.5) is 0 Å². The van der Waals surface area contributed by atoms with Crippen LogP contribution in [0.5, 0.6) is 0 Å². The third-order valence-electron chi connectivity index (χ3n) is 4.23. The molecule has 0 radical (unpaired) electrons. The van der Waals surface area contributed by atoms with E-state index in [9.17, 15) is 0 Å². The summed E-state index contributed by atoms with van der Waals surface area (Å²) < 4.78 is 0. The van der Waals surface area contributed by atoms with E-state index in [2.05, 4.69) is 48.6 Å². The van der Waals surface area contributed by atoms with Gasteiger partial charge in [0.2, 0.25) is 0 Å². The molecular weight excluding hydrogens is 240 g/mol. The highest BCUT2D eigenvalue weighted by Crippen LogP contribution is 2.30. The van der Waals surface area contributed by atoms with Crippen LogP contribution in [0.3, 0.4) is 0 Å². The zero-order valence-electron chi connectivity index (χ0n) is 11.9. The van der Waals surface area contributed by atoms with Gasteiger partial charge in [0, 0.05) is 23.0 Å². The molecule has 2 unspecified atom stereocenters. The molecule has 3 heteroatoms. The summed E-state index contributed by atoms with van der Waals surface area (Å²) in [6.07, 6.45) is 5.24. The van der Waals surface area contributed by atoms with E-state index >= 15 is 0 Å². The van der Waals surface area contributed by atoms with Crippen molar-refractivity contribution in [3.05, 3.63) is 22.4 Å². The normalized spacial score (nSPS) is 25.8. The predicted molar refractivity (Wildman–Crippen MR) is 80.2 cm³/mol. The van der Waals surface area contributed by atoms with Gasteiger partial charge in [-0.25, -0.2) is 0 Å². The molecule has 0 aromatic carbocycles. The summed E-state index contributed by atoms with van der Waals surface area (Å²) in [5.41, 5.74) is 0.370. The van der Waals surface area contributed by atoms with Crippen molar-refractivity contribution in [2.24, 2.45) is 0 Å². The van der Waals surface area contributed by atoms with Gasteiger partial charge in [-0.1, -0.05) is 19.4 Å². The van der Waals surface area contributed by atoms with Gasteiger partial charge in [0.25, 0.3) is 0 Å². The fraction of sp³-hybridized carbons (Fsp3) is 0.733. The number of likely N-dealkylation sites (N-methyl/N-ethyl adjacent to an activating group) is 1. The molecule has 1 saturated heterocycles. The molecular formula is C15H26N2S. The summed E-state index contributed by atoms with van der Waals surface area (Å²) in [4.78, 5) is 3.99. The molecule has 102 valence electrons. The van der Waals surface area contributed by atoms with Crippen molar-refractivity contribution in [2.45, 2.75) is 51.1 Å². The first-order valence-corrected chi connectivity index (χ1v) is 8.03. The van der Waals surface area contributed by atoms with Gasteiger partial charge >= 0.3 is 0 Å². The average Bonchev–Trinajstić information content (AvgIpc) is 2.99. The van der Waals surface area contributed by atoms with E-state index in [0.29, 0.717) is 11.6 Å². The maximum absolute atomic E-state index is 3.76. The maximum Gasteiger partial charge on any atom is 0.0411 e. The minimum Gasteiger partial charge on any atom is -0.310 e. The van der Waals surface area contributed by atoms with Crippen LogP contribution in [0.25, 0.3) is 0 Å². The summed E-state index contributed by atoms with van der Waals surface area (Å²) in [7, 11) is 2.27. The molecule has 1 aromatic rings. The van der Waals surface area contributed by atoms with E-state index in [1.807, 2.05) is 11.3 Å². The molecule has 2 atom stereocenters. The summed E-state index contributed by atoms with van der Waals surface area (Å²) in [5.74, 6) is 0. The van der Waals surface area contributed by atoms with Crippen LogP contribution in [0.1, 0.15) is 50.4 Å². The van der Waals surface area contributed by atoms with Crippen molar-refractivity contribution in [3.8, 4) is 0 Å². The van der Waals surface area contributed by atoms with Gasteiger partial charge in [0.15, 0.2) is 0 Å². The van der Waals surface area contributed by atoms with Crippen LogP contribution in [0.15, 0.2) is 17.5 Å². The molecule has 1 aromatic heterocycles. The highest BCUT2D eigenvalue weighted by molar-refractivity contribution is 7.10. The Kier molecular flexibility index (Phi) is 4.82. The van der Waals surface area contributed by atoms with E-state index in [1.54, 1.807) is 0 Å². The van der Waals surface area contributed by atoms with Crippen LogP contribution < -0.4 is 5.32 Å². The van der Waals surface area contributed by atoms with Gasteiger partial charge < -0.3 is 5.32 Å². The third-order valence-corrected chi connectivity index (χ3v) is 5.27. The molecule has 1 aliphatic rings. The lowest BCUT2D eigenvalue weighted by molar-refractivity contribution is 0.176. The first-order valence-electron chi connectivity index (χ1n) is 7.15.